The summed E-state index contributed by atoms with van der Waals surface area (Å²) in [6.45, 7) is 3.60. The number of amides is 1. The number of nitro groups is 1. The highest BCUT2D eigenvalue weighted by molar-refractivity contribution is 6.30. The lowest BCUT2D eigenvalue weighted by Gasteiger charge is -2.07. The summed E-state index contributed by atoms with van der Waals surface area (Å²) in [5.41, 5.74) is 0.449. The van der Waals surface area contributed by atoms with Crippen molar-refractivity contribution < 1.29 is 9.72 Å². The Morgan fingerprint density at radius 1 is 1.48 bits per heavy atom. The Balaban J connectivity index is 2.38. The van der Waals surface area contributed by atoms with E-state index in [-0.39, 0.29) is 11.7 Å². The first-order chi connectivity index (χ1) is 9.90. The highest BCUT2D eigenvalue weighted by Gasteiger charge is 2.28. The molecular formula is C13H13ClN4O3. The van der Waals surface area contributed by atoms with Gasteiger partial charge in [0.25, 0.3) is 0 Å². The lowest BCUT2D eigenvalue weighted by molar-refractivity contribution is -0.390. The fourth-order valence-corrected chi connectivity index (χ4v) is 2.04. The van der Waals surface area contributed by atoms with Crippen LogP contribution in [0.15, 0.2) is 30.5 Å². The van der Waals surface area contributed by atoms with E-state index in [1.165, 1.54) is 0 Å². The average molecular weight is 309 g/mol. The summed E-state index contributed by atoms with van der Waals surface area (Å²) < 4.78 is 0.964. The Labute approximate surface area is 125 Å². The molecule has 0 fully saturated rings. The van der Waals surface area contributed by atoms with Gasteiger partial charge in [-0.2, -0.15) is 0 Å². The van der Waals surface area contributed by atoms with Crippen molar-refractivity contribution in [1.82, 2.24) is 9.55 Å². The summed E-state index contributed by atoms with van der Waals surface area (Å²) in [7, 11) is 0. The third-order valence-corrected chi connectivity index (χ3v) is 2.99. The van der Waals surface area contributed by atoms with Crippen molar-refractivity contribution in [2.24, 2.45) is 0 Å². The lowest BCUT2D eigenvalue weighted by atomic mass is 10.2. The number of imidazole rings is 1. The fraction of sp³-hybridized carbons (Fsp3) is 0.231. The number of nitrogens with zero attached hydrogens (tertiary/aromatic N) is 3. The molecule has 21 heavy (non-hydrogen) atoms. The highest BCUT2D eigenvalue weighted by atomic mass is 35.5. The number of halogens is 1. The largest absolute Gasteiger partial charge is 0.419 e. The molecule has 7 nitrogen and oxygen atoms in total. The predicted molar refractivity (Wildman–Crippen MR) is 78.8 cm³/mol. The molecule has 0 saturated heterocycles. The van der Waals surface area contributed by atoms with E-state index in [1.807, 2.05) is 0 Å². The van der Waals surface area contributed by atoms with E-state index in [0.717, 1.165) is 10.8 Å². The molecule has 2 rings (SSSR count). The van der Waals surface area contributed by atoms with Crippen LogP contribution < -0.4 is 5.32 Å². The third-order valence-electron chi connectivity index (χ3n) is 2.75. The zero-order valence-corrected chi connectivity index (χ0v) is 12.2. The summed E-state index contributed by atoms with van der Waals surface area (Å²) in [5.74, 6) is -0.191. The highest BCUT2D eigenvalue weighted by Crippen LogP contribution is 2.22. The first kappa shape index (κ1) is 15.0. The maximum Gasteiger partial charge on any atom is 0.419 e. The Kier molecular flexibility index (Phi) is 4.23. The van der Waals surface area contributed by atoms with Crippen molar-refractivity contribution in [2.45, 2.75) is 19.8 Å². The number of carbonyl (C=O) groups is 1. The van der Waals surface area contributed by atoms with Crippen LogP contribution in [-0.4, -0.2) is 20.5 Å². The normalized spacial score (nSPS) is 10.7. The molecule has 2 aromatic rings. The molecule has 0 saturated carbocycles. The summed E-state index contributed by atoms with van der Waals surface area (Å²) in [5, 5.41) is 14.0. The van der Waals surface area contributed by atoms with Crippen LogP contribution >= 0.6 is 11.6 Å². The maximum atomic E-state index is 12.3. The minimum Gasteiger partial charge on any atom is -0.358 e. The minimum atomic E-state index is -0.648. The molecule has 0 atom stereocenters. The molecule has 1 aromatic heterocycles. The molecule has 1 amide bonds. The Morgan fingerprint density at radius 3 is 2.76 bits per heavy atom. The van der Waals surface area contributed by atoms with Gasteiger partial charge in [0.05, 0.1) is 0 Å². The van der Waals surface area contributed by atoms with Gasteiger partial charge in [-0.15, -0.1) is 4.57 Å². The molecule has 0 spiro atoms. The van der Waals surface area contributed by atoms with Crippen molar-refractivity contribution in [2.75, 3.05) is 5.32 Å². The van der Waals surface area contributed by atoms with Gasteiger partial charge < -0.3 is 10.1 Å². The minimum absolute atomic E-state index is 0.135. The van der Waals surface area contributed by atoms with Crippen LogP contribution in [0, 0.1) is 10.1 Å². The van der Waals surface area contributed by atoms with Crippen LogP contribution in [0.2, 0.25) is 5.02 Å². The topological polar surface area (TPSA) is 90.1 Å². The van der Waals surface area contributed by atoms with E-state index in [4.69, 9.17) is 11.6 Å². The second-order valence-corrected chi connectivity index (χ2v) is 5.10. The van der Waals surface area contributed by atoms with Crippen LogP contribution in [-0.2, 0) is 0 Å². The van der Waals surface area contributed by atoms with E-state index in [0.29, 0.717) is 16.5 Å². The predicted octanol–water partition coefficient (Wildman–Crippen LogP) is 3.65. The number of hydrogen-bond acceptors (Lipinski definition) is 4. The SMILES string of the molecule is CC(C)c1ncc([N+](=O)[O-])n1C(=O)Nc1cccc(Cl)c1. The lowest BCUT2D eigenvalue weighted by Crippen LogP contribution is -2.23. The van der Waals surface area contributed by atoms with Gasteiger partial charge in [0.2, 0.25) is 5.82 Å². The summed E-state index contributed by atoms with van der Waals surface area (Å²) in [4.78, 5) is 26.6. The Morgan fingerprint density at radius 2 is 2.19 bits per heavy atom. The van der Waals surface area contributed by atoms with Crippen molar-refractivity contribution in [3.8, 4) is 0 Å². The van der Waals surface area contributed by atoms with Crippen molar-refractivity contribution in [1.29, 1.82) is 0 Å². The van der Waals surface area contributed by atoms with Gasteiger partial charge in [-0.25, -0.2) is 9.78 Å². The van der Waals surface area contributed by atoms with E-state index >= 15 is 0 Å². The number of anilines is 1. The molecule has 0 radical (unpaired) electrons. The molecule has 0 bridgehead atoms. The molecule has 0 aliphatic heterocycles. The van der Waals surface area contributed by atoms with Crippen LogP contribution in [0.4, 0.5) is 16.3 Å². The van der Waals surface area contributed by atoms with E-state index in [9.17, 15) is 14.9 Å². The van der Waals surface area contributed by atoms with Gasteiger partial charge in [0.15, 0.2) is 0 Å². The molecule has 1 heterocycles. The zero-order valence-electron chi connectivity index (χ0n) is 11.4. The van der Waals surface area contributed by atoms with Gasteiger partial charge >= 0.3 is 11.8 Å². The number of rotatable bonds is 3. The summed E-state index contributed by atoms with van der Waals surface area (Å²) in [6.07, 6.45) is 1.08. The smallest absolute Gasteiger partial charge is 0.358 e. The maximum absolute atomic E-state index is 12.3. The van der Waals surface area contributed by atoms with Gasteiger partial charge in [-0.1, -0.05) is 31.5 Å². The van der Waals surface area contributed by atoms with Crippen molar-refractivity contribution in [3.05, 3.63) is 51.4 Å². The van der Waals surface area contributed by atoms with Gasteiger partial charge in [0, 0.05) is 16.6 Å². The van der Waals surface area contributed by atoms with Gasteiger partial charge in [-0.05, 0) is 23.1 Å². The number of benzene rings is 1. The van der Waals surface area contributed by atoms with Crippen LogP contribution in [0.3, 0.4) is 0 Å². The number of hydrogen-bond donors (Lipinski definition) is 1. The Hall–Kier alpha value is -2.41. The molecule has 0 aliphatic rings. The number of nitrogens with one attached hydrogen (secondary N) is 1. The van der Waals surface area contributed by atoms with Crippen LogP contribution in [0.5, 0.6) is 0 Å². The molecule has 0 aliphatic carbocycles. The van der Waals surface area contributed by atoms with E-state index < -0.39 is 11.0 Å². The van der Waals surface area contributed by atoms with Gasteiger partial charge in [-0.3, -0.25) is 5.32 Å². The monoisotopic (exact) mass is 308 g/mol. The number of carbonyl (C=O) groups excluding carboxylic acids is 1. The summed E-state index contributed by atoms with van der Waals surface area (Å²) >= 11 is 5.84. The molecule has 1 aromatic carbocycles. The fourth-order valence-electron chi connectivity index (χ4n) is 1.85. The van der Waals surface area contributed by atoms with Crippen LogP contribution in [0.1, 0.15) is 25.6 Å². The van der Waals surface area contributed by atoms with E-state index in [1.54, 1.807) is 38.1 Å². The quantitative estimate of drug-likeness (QED) is 0.692. The standard InChI is InChI=1S/C13H13ClN4O3/c1-8(2)12-15-7-11(18(20)21)17(12)13(19)16-10-5-3-4-9(14)6-10/h3-8H,1-2H3,(H,16,19). The van der Waals surface area contributed by atoms with Crippen molar-refractivity contribution >= 4 is 29.1 Å². The molecular weight excluding hydrogens is 296 g/mol. The number of aromatic nitrogens is 2. The van der Waals surface area contributed by atoms with Crippen molar-refractivity contribution in [3.63, 3.8) is 0 Å². The second-order valence-electron chi connectivity index (χ2n) is 4.66. The Bertz CT molecular complexity index is 696. The molecule has 110 valence electrons. The molecule has 0 unspecified atom stereocenters. The zero-order chi connectivity index (χ0) is 15.6. The van der Waals surface area contributed by atoms with Crippen LogP contribution in [0.25, 0.3) is 0 Å². The third kappa shape index (κ3) is 3.19. The first-order valence-corrected chi connectivity index (χ1v) is 6.57. The second kappa shape index (κ2) is 5.92. The first-order valence-electron chi connectivity index (χ1n) is 6.19. The molecule has 8 heteroatoms. The average Bonchev–Trinajstić information content (AvgIpc) is 2.83. The van der Waals surface area contributed by atoms with E-state index in [2.05, 4.69) is 10.3 Å². The van der Waals surface area contributed by atoms with Gasteiger partial charge in [0.1, 0.15) is 6.20 Å². The summed E-state index contributed by atoms with van der Waals surface area (Å²) in [6, 6.07) is 5.88. The molecule has 1 N–H and O–H groups in total.